The van der Waals surface area contributed by atoms with E-state index in [9.17, 15) is 4.79 Å². The van der Waals surface area contributed by atoms with Crippen LogP contribution in [0.5, 0.6) is 0 Å². The zero-order valence-corrected chi connectivity index (χ0v) is 24.7. The number of nitrogens with one attached hydrogen (secondary N) is 5. The number of carbonyl (C=O) groups is 1. The van der Waals surface area contributed by atoms with E-state index in [2.05, 4.69) is 50.9 Å². The second kappa shape index (κ2) is 32.8. The molecule has 37 heavy (non-hydrogen) atoms. The summed E-state index contributed by atoms with van der Waals surface area (Å²) < 4.78 is 0. The Labute approximate surface area is 239 Å². The number of amides is 1. The van der Waals surface area contributed by atoms with Crippen molar-refractivity contribution < 1.29 is 21.9 Å². The van der Waals surface area contributed by atoms with E-state index in [1.54, 1.807) is 0 Å². The molecule has 0 spiro atoms. The molecule has 7 N–H and O–H groups in total. The number of unbranched alkanes of at least 4 members (excludes halogenated alkanes) is 1. The van der Waals surface area contributed by atoms with E-state index in [4.69, 9.17) is 5.73 Å². The number of nitrogens with two attached hydrogens (primary N) is 1. The third-order valence-corrected chi connectivity index (χ3v) is 5.46. The van der Waals surface area contributed by atoms with Gasteiger partial charge in [-0.15, -0.1) is 0 Å². The van der Waals surface area contributed by atoms with Crippen LogP contribution in [0.1, 0.15) is 51.4 Å². The van der Waals surface area contributed by atoms with Crippen LogP contribution in [0.25, 0.3) is 0 Å². The molecule has 0 saturated heterocycles. The van der Waals surface area contributed by atoms with Gasteiger partial charge in [0, 0.05) is 12.1 Å². The van der Waals surface area contributed by atoms with Crippen molar-refractivity contribution in [3.8, 4) is 0 Å². The van der Waals surface area contributed by atoms with Crippen LogP contribution in [0.4, 0.5) is 0 Å². The summed E-state index contributed by atoms with van der Waals surface area (Å²) in [5.41, 5.74) is 6.32. The van der Waals surface area contributed by atoms with Gasteiger partial charge >= 0.3 is 17.1 Å². The first-order valence-electron chi connectivity index (χ1n) is 13.3. The molecular weight excluding hydrogens is 504 g/mol. The van der Waals surface area contributed by atoms with E-state index in [0.29, 0.717) is 0 Å². The van der Waals surface area contributed by atoms with Crippen LogP contribution >= 0.6 is 0 Å². The molecule has 2 aliphatic carbocycles. The molecule has 0 unspecified atom stereocenters. The second-order valence-corrected chi connectivity index (χ2v) is 8.58. The minimum Gasteiger partial charge on any atom is -0.358 e. The Bertz CT molecular complexity index is 597. The predicted octanol–water partition coefficient (Wildman–Crippen LogP) is 3.05. The Morgan fingerprint density at radius 2 is 1.11 bits per heavy atom. The summed E-state index contributed by atoms with van der Waals surface area (Å²) in [6.45, 7) is 9.95. The van der Waals surface area contributed by atoms with Crippen LogP contribution in [-0.2, 0) is 21.9 Å². The zero-order chi connectivity index (χ0) is 24.4. The molecular formula is C29H56FeN6O. The van der Waals surface area contributed by atoms with Gasteiger partial charge in [-0.3, -0.25) is 4.79 Å². The molecule has 216 valence electrons. The summed E-state index contributed by atoms with van der Waals surface area (Å²) in [4.78, 5) is 11.8. The maximum absolute atomic E-state index is 11.8. The average molecular weight is 561 g/mol. The SMILES string of the molecule is C1=CCC=C1.NCCCNCCCCNCCCNCCCNCCCNC(=O)C1=CC=CC1.[CH3-].[CH3-].[Fe+2]. The molecule has 0 atom stereocenters. The van der Waals surface area contributed by atoms with Gasteiger partial charge < -0.3 is 47.2 Å². The van der Waals surface area contributed by atoms with E-state index in [1.165, 1.54) is 19.3 Å². The number of carbonyl (C=O) groups excluding carboxylic acids is 1. The fourth-order valence-corrected chi connectivity index (χ4v) is 3.44. The van der Waals surface area contributed by atoms with Gasteiger partial charge in [-0.05, 0) is 110 Å². The van der Waals surface area contributed by atoms with Crippen LogP contribution in [0.15, 0.2) is 48.1 Å². The molecule has 2 aliphatic rings. The van der Waals surface area contributed by atoms with Crippen molar-refractivity contribution in [1.29, 1.82) is 0 Å². The predicted molar refractivity (Wildman–Crippen MR) is 159 cm³/mol. The van der Waals surface area contributed by atoms with E-state index in [-0.39, 0.29) is 37.8 Å². The Hall–Kier alpha value is -1.25. The van der Waals surface area contributed by atoms with Gasteiger partial charge in [0.2, 0.25) is 5.91 Å². The smallest absolute Gasteiger partial charge is 0.358 e. The first kappa shape index (κ1) is 40.2. The second-order valence-electron chi connectivity index (χ2n) is 8.58. The first-order valence-corrected chi connectivity index (χ1v) is 13.3. The third kappa shape index (κ3) is 27.6. The van der Waals surface area contributed by atoms with E-state index in [1.807, 2.05) is 18.2 Å². The van der Waals surface area contributed by atoms with Crippen molar-refractivity contribution in [3.05, 3.63) is 63.0 Å². The molecule has 0 radical (unpaired) electrons. The van der Waals surface area contributed by atoms with Crippen LogP contribution in [0.3, 0.4) is 0 Å². The van der Waals surface area contributed by atoms with Crippen molar-refractivity contribution in [2.45, 2.75) is 51.4 Å². The number of allylic oxidation sites excluding steroid dienone is 7. The Morgan fingerprint density at radius 1 is 0.649 bits per heavy atom. The molecule has 8 heteroatoms. The van der Waals surface area contributed by atoms with Crippen LogP contribution in [0, 0.1) is 14.9 Å². The van der Waals surface area contributed by atoms with Crippen molar-refractivity contribution >= 4 is 5.91 Å². The molecule has 0 aromatic carbocycles. The summed E-state index contributed by atoms with van der Waals surface area (Å²) in [6.07, 6.45) is 22.9. The minimum atomic E-state index is 0. The normalized spacial score (nSPS) is 12.6. The van der Waals surface area contributed by atoms with Crippen LogP contribution < -0.4 is 32.3 Å². The molecule has 2 rings (SSSR count). The average Bonchev–Trinajstić information content (AvgIpc) is 3.60. The fraction of sp³-hybridized carbons (Fsp3) is 0.621. The first-order chi connectivity index (χ1) is 16.8. The number of rotatable bonds is 21. The van der Waals surface area contributed by atoms with Crippen molar-refractivity contribution in [2.24, 2.45) is 5.73 Å². The molecule has 0 aromatic heterocycles. The van der Waals surface area contributed by atoms with Crippen LogP contribution in [0.2, 0.25) is 0 Å². The Morgan fingerprint density at radius 3 is 1.51 bits per heavy atom. The monoisotopic (exact) mass is 560 g/mol. The molecule has 0 bridgehead atoms. The number of hydrogen-bond donors (Lipinski definition) is 6. The summed E-state index contributed by atoms with van der Waals surface area (Å²) >= 11 is 0. The van der Waals surface area contributed by atoms with Gasteiger partial charge in [0.1, 0.15) is 0 Å². The third-order valence-electron chi connectivity index (χ3n) is 5.46. The van der Waals surface area contributed by atoms with Gasteiger partial charge in [0.05, 0.1) is 0 Å². The van der Waals surface area contributed by atoms with Crippen molar-refractivity contribution in [3.63, 3.8) is 0 Å². The molecule has 1 amide bonds. The van der Waals surface area contributed by atoms with Gasteiger partial charge in [-0.2, -0.15) is 0 Å². The quantitative estimate of drug-likeness (QED) is 0.0733. The largest absolute Gasteiger partial charge is 2.00 e. The fourth-order valence-electron chi connectivity index (χ4n) is 3.44. The molecule has 0 heterocycles. The molecule has 0 aromatic rings. The minimum absolute atomic E-state index is 0. The standard InChI is InChI=1S/C22H44N6O.C5H6.2CH3.Fe/c23-11-5-14-24-12-3-4-13-25-15-6-16-26-17-7-18-27-19-8-20-28-22(29)21-9-1-2-10-21;1-2-4-5-3-1;;;/h1-2,9,24-27H,3-8,10-20,23H2,(H,28,29);1-4H,5H2;2*1H3;/q;;2*-1;+2. The van der Waals surface area contributed by atoms with E-state index >= 15 is 0 Å². The summed E-state index contributed by atoms with van der Waals surface area (Å²) in [5, 5.41) is 16.8. The topological polar surface area (TPSA) is 103 Å². The maximum Gasteiger partial charge on any atom is 2.00 e. The van der Waals surface area contributed by atoms with E-state index < -0.39 is 0 Å². The maximum atomic E-state index is 11.8. The zero-order valence-electron chi connectivity index (χ0n) is 23.6. The van der Waals surface area contributed by atoms with Crippen LogP contribution in [-0.4, -0.2) is 71.4 Å². The molecule has 7 nitrogen and oxygen atoms in total. The van der Waals surface area contributed by atoms with Crippen molar-refractivity contribution in [1.82, 2.24) is 26.6 Å². The van der Waals surface area contributed by atoms with E-state index in [0.717, 1.165) is 103 Å². The molecule has 0 saturated carbocycles. The molecule has 0 fully saturated rings. The summed E-state index contributed by atoms with van der Waals surface area (Å²) in [7, 11) is 0. The Balaban J connectivity index is -0.00000129. The summed E-state index contributed by atoms with van der Waals surface area (Å²) in [6, 6.07) is 0. The van der Waals surface area contributed by atoms with Gasteiger partial charge in [-0.25, -0.2) is 0 Å². The molecule has 0 aliphatic heterocycles. The number of hydrogen-bond acceptors (Lipinski definition) is 6. The Kier molecular flexibility index (Phi) is 35.7. The summed E-state index contributed by atoms with van der Waals surface area (Å²) in [5.74, 6) is 0.0732. The van der Waals surface area contributed by atoms with Gasteiger partial charge in [0.15, 0.2) is 0 Å². The van der Waals surface area contributed by atoms with Crippen molar-refractivity contribution in [2.75, 3.05) is 65.4 Å². The van der Waals surface area contributed by atoms with Gasteiger partial charge in [0.25, 0.3) is 0 Å². The van der Waals surface area contributed by atoms with Gasteiger partial charge in [-0.1, -0.05) is 42.5 Å².